The summed E-state index contributed by atoms with van der Waals surface area (Å²) in [4.78, 5) is 0. The van der Waals surface area contributed by atoms with Crippen LogP contribution in [-0.4, -0.2) is 12.6 Å². The van der Waals surface area contributed by atoms with E-state index in [0.717, 1.165) is 18.7 Å². The number of hydrogen-bond acceptors (Lipinski definition) is 3. The fraction of sp³-hybridized carbons (Fsp3) is 0.533. The summed E-state index contributed by atoms with van der Waals surface area (Å²) in [6, 6.07) is 10.5. The lowest BCUT2D eigenvalue weighted by Gasteiger charge is -2.31. The number of hydrogen-bond donors (Lipinski definition) is 2. The van der Waals surface area contributed by atoms with Crippen molar-refractivity contribution in [2.24, 2.45) is 11.7 Å². The molecular weight excluding hydrogens is 222 g/mol. The third kappa shape index (κ3) is 3.32. The van der Waals surface area contributed by atoms with Crippen molar-refractivity contribution in [2.75, 3.05) is 6.54 Å². The van der Waals surface area contributed by atoms with E-state index in [-0.39, 0.29) is 0 Å². The van der Waals surface area contributed by atoms with Crippen LogP contribution in [0.3, 0.4) is 0 Å². The molecule has 3 N–H and O–H groups in total. The van der Waals surface area contributed by atoms with Gasteiger partial charge >= 0.3 is 0 Å². The van der Waals surface area contributed by atoms with Gasteiger partial charge in [-0.15, -0.1) is 0 Å². The zero-order valence-electron chi connectivity index (χ0n) is 10.7. The van der Waals surface area contributed by atoms with Crippen LogP contribution in [0.5, 0.6) is 0 Å². The molecule has 1 aromatic carbocycles. The predicted octanol–water partition coefficient (Wildman–Crippen LogP) is 2.17. The van der Waals surface area contributed by atoms with Crippen LogP contribution < -0.4 is 11.1 Å². The molecule has 3 heteroatoms. The molecule has 0 aromatic heterocycles. The van der Waals surface area contributed by atoms with Gasteiger partial charge in [-0.2, -0.15) is 5.26 Å². The van der Waals surface area contributed by atoms with E-state index in [2.05, 4.69) is 17.5 Å². The second-order valence-electron chi connectivity index (χ2n) is 5.08. The van der Waals surface area contributed by atoms with E-state index in [4.69, 9.17) is 11.0 Å². The van der Waals surface area contributed by atoms with Crippen molar-refractivity contribution in [3.05, 3.63) is 35.4 Å². The van der Waals surface area contributed by atoms with Gasteiger partial charge in [-0.3, -0.25) is 0 Å². The molecule has 96 valence electrons. The number of nitrogens with zero attached hydrogens (tertiary/aromatic N) is 1. The maximum atomic E-state index is 8.87. The summed E-state index contributed by atoms with van der Waals surface area (Å²) in [6.45, 7) is 1.60. The minimum absolute atomic E-state index is 0.537. The van der Waals surface area contributed by atoms with Crippen molar-refractivity contribution < 1.29 is 0 Å². The van der Waals surface area contributed by atoms with E-state index in [9.17, 15) is 0 Å². The smallest absolute Gasteiger partial charge is 0.0991 e. The molecule has 0 saturated heterocycles. The molecule has 3 nitrogen and oxygen atoms in total. The molecule has 2 rings (SSSR count). The quantitative estimate of drug-likeness (QED) is 0.852. The second-order valence-corrected chi connectivity index (χ2v) is 5.08. The Labute approximate surface area is 109 Å². The summed E-state index contributed by atoms with van der Waals surface area (Å²) in [5.41, 5.74) is 7.73. The normalized spacial score (nSPS) is 23.6. The standard InChI is InChI=1S/C15H21N3/c16-9-12-4-3-5-13(8-12)11-18-15-7-2-1-6-14(15)10-17/h3-5,8,14-15,18H,1-2,6-7,10-11,17H2. The van der Waals surface area contributed by atoms with Crippen LogP contribution in [0.4, 0.5) is 0 Å². The van der Waals surface area contributed by atoms with Crippen molar-refractivity contribution in [1.82, 2.24) is 5.32 Å². The third-order valence-corrected chi connectivity index (χ3v) is 3.84. The van der Waals surface area contributed by atoms with E-state index in [1.807, 2.05) is 18.2 Å². The highest BCUT2D eigenvalue weighted by atomic mass is 14.9. The number of nitrogens with one attached hydrogen (secondary N) is 1. The van der Waals surface area contributed by atoms with E-state index < -0.39 is 0 Å². The zero-order valence-corrected chi connectivity index (χ0v) is 10.7. The summed E-state index contributed by atoms with van der Waals surface area (Å²) in [5.74, 6) is 0.609. The van der Waals surface area contributed by atoms with Gasteiger partial charge in [-0.1, -0.05) is 25.0 Å². The Balaban J connectivity index is 1.91. The number of rotatable bonds is 4. The summed E-state index contributed by atoms with van der Waals surface area (Å²) >= 11 is 0. The van der Waals surface area contributed by atoms with Crippen LogP contribution in [0.1, 0.15) is 36.8 Å². The van der Waals surface area contributed by atoms with Crippen LogP contribution in [0, 0.1) is 17.2 Å². The molecule has 0 bridgehead atoms. The molecule has 1 aliphatic rings. The monoisotopic (exact) mass is 243 g/mol. The van der Waals surface area contributed by atoms with Gasteiger partial charge < -0.3 is 11.1 Å². The van der Waals surface area contributed by atoms with E-state index in [1.165, 1.54) is 31.2 Å². The molecule has 2 unspecified atom stereocenters. The van der Waals surface area contributed by atoms with Crippen LogP contribution in [-0.2, 0) is 6.54 Å². The van der Waals surface area contributed by atoms with Crippen LogP contribution >= 0.6 is 0 Å². The Morgan fingerprint density at radius 3 is 2.94 bits per heavy atom. The van der Waals surface area contributed by atoms with Gasteiger partial charge in [0, 0.05) is 12.6 Å². The van der Waals surface area contributed by atoms with Gasteiger partial charge in [0.15, 0.2) is 0 Å². The van der Waals surface area contributed by atoms with Gasteiger partial charge in [-0.05, 0) is 43.0 Å². The summed E-state index contributed by atoms with van der Waals surface area (Å²) in [5, 5.41) is 12.5. The Hall–Kier alpha value is -1.37. The van der Waals surface area contributed by atoms with Gasteiger partial charge in [-0.25, -0.2) is 0 Å². The number of nitrogens with two attached hydrogens (primary N) is 1. The number of nitriles is 1. The maximum absolute atomic E-state index is 8.87. The predicted molar refractivity (Wildman–Crippen MR) is 72.8 cm³/mol. The van der Waals surface area contributed by atoms with Crippen molar-refractivity contribution in [3.8, 4) is 6.07 Å². The summed E-state index contributed by atoms with van der Waals surface area (Å²) in [6.07, 6.45) is 5.07. The Morgan fingerprint density at radius 2 is 2.17 bits per heavy atom. The molecule has 2 atom stereocenters. The van der Waals surface area contributed by atoms with Crippen molar-refractivity contribution >= 4 is 0 Å². The average molecular weight is 243 g/mol. The lowest BCUT2D eigenvalue weighted by Crippen LogP contribution is -2.41. The minimum atomic E-state index is 0.537. The average Bonchev–Trinajstić information content (AvgIpc) is 2.45. The highest BCUT2D eigenvalue weighted by Gasteiger charge is 2.23. The lowest BCUT2D eigenvalue weighted by atomic mass is 9.84. The van der Waals surface area contributed by atoms with Crippen molar-refractivity contribution in [3.63, 3.8) is 0 Å². The fourth-order valence-corrected chi connectivity index (χ4v) is 2.76. The Kier molecular flexibility index (Phi) is 4.74. The maximum Gasteiger partial charge on any atom is 0.0991 e. The first kappa shape index (κ1) is 13.1. The van der Waals surface area contributed by atoms with Gasteiger partial charge in [0.1, 0.15) is 0 Å². The SMILES string of the molecule is N#Cc1cccc(CNC2CCCCC2CN)c1. The molecule has 0 radical (unpaired) electrons. The van der Waals surface area contributed by atoms with Gasteiger partial charge in [0.05, 0.1) is 11.6 Å². The third-order valence-electron chi connectivity index (χ3n) is 3.84. The second kappa shape index (κ2) is 6.53. The zero-order chi connectivity index (χ0) is 12.8. The first-order valence-electron chi connectivity index (χ1n) is 6.76. The first-order valence-corrected chi connectivity index (χ1v) is 6.76. The van der Waals surface area contributed by atoms with E-state index >= 15 is 0 Å². The molecule has 0 heterocycles. The van der Waals surface area contributed by atoms with Crippen LogP contribution in [0.15, 0.2) is 24.3 Å². The Morgan fingerprint density at radius 1 is 1.33 bits per heavy atom. The molecular formula is C15H21N3. The van der Waals surface area contributed by atoms with E-state index in [0.29, 0.717) is 12.0 Å². The highest BCUT2D eigenvalue weighted by molar-refractivity contribution is 5.32. The van der Waals surface area contributed by atoms with E-state index in [1.54, 1.807) is 0 Å². The van der Waals surface area contributed by atoms with Crippen molar-refractivity contribution in [2.45, 2.75) is 38.3 Å². The molecule has 1 aromatic rings. The fourth-order valence-electron chi connectivity index (χ4n) is 2.76. The topological polar surface area (TPSA) is 61.8 Å². The molecule has 0 spiro atoms. The molecule has 0 amide bonds. The lowest BCUT2D eigenvalue weighted by molar-refractivity contribution is 0.267. The Bertz CT molecular complexity index is 422. The molecule has 1 aliphatic carbocycles. The largest absolute Gasteiger partial charge is 0.330 e. The molecule has 1 saturated carbocycles. The molecule has 0 aliphatic heterocycles. The number of benzene rings is 1. The highest BCUT2D eigenvalue weighted by Crippen LogP contribution is 2.23. The molecule has 18 heavy (non-hydrogen) atoms. The molecule has 1 fully saturated rings. The van der Waals surface area contributed by atoms with Crippen LogP contribution in [0.2, 0.25) is 0 Å². The first-order chi connectivity index (χ1) is 8.83. The van der Waals surface area contributed by atoms with Crippen molar-refractivity contribution in [1.29, 1.82) is 5.26 Å². The summed E-state index contributed by atoms with van der Waals surface area (Å²) < 4.78 is 0. The van der Waals surface area contributed by atoms with Gasteiger partial charge in [0.2, 0.25) is 0 Å². The summed E-state index contributed by atoms with van der Waals surface area (Å²) in [7, 11) is 0. The minimum Gasteiger partial charge on any atom is -0.330 e. The van der Waals surface area contributed by atoms with Crippen LogP contribution in [0.25, 0.3) is 0 Å². The van der Waals surface area contributed by atoms with Gasteiger partial charge in [0.25, 0.3) is 0 Å².